The Labute approximate surface area is 471 Å². The lowest BCUT2D eigenvalue weighted by Crippen LogP contribution is -2.61. The van der Waals surface area contributed by atoms with Gasteiger partial charge in [0.05, 0.1) is 11.4 Å². The van der Waals surface area contributed by atoms with Crippen LogP contribution in [0.25, 0.3) is 10.8 Å². The van der Waals surface area contributed by atoms with Crippen LogP contribution in [0.2, 0.25) is 0 Å². The molecule has 402 valence electrons. The first-order chi connectivity index (χ1) is 36.1. The van der Waals surface area contributed by atoms with Crippen LogP contribution >= 0.6 is 0 Å². The number of fused-ring (bicyclic) bond motifs is 5. The molecule has 3 nitrogen and oxygen atoms in total. The van der Waals surface area contributed by atoms with Crippen molar-refractivity contribution in [2.45, 2.75) is 183 Å². The van der Waals surface area contributed by atoms with Crippen molar-refractivity contribution in [3.63, 3.8) is 0 Å². The molecule has 0 saturated carbocycles. The monoisotopic (exact) mass is 1030 g/mol. The third-order valence-corrected chi connectivity index (χ3v) is 16.9. The van der Waals surface area contributed by atoms with Gasteiger partial charge in [0.1, 0.15) is 0 Å². The largest absolute Gasteiger partial charge is 0.311 e. The summed E-state index contributed by atoms with van der Waals surface area (Å²) in [4.78, 5) is 7.84. The van der Waals surface area contributed by atoms with Gasteiger partial charge in [-0.05, 0) is 159 Å². The van der Waals surface area contributed by atoms with Crippen molar-refractivity contribution in [1.29, 1.82) is 0 Å². The Balaban J connectivity index is 1.40. The van der Waals surface area contributed by atoms with Gasteiger partial charge in [-0.25, -0.2) is 0 Å². The van der Waals surface area contributed by atoms with Crippen molar-refractivity contribution < 1.29 is 0 Å². The highest BCUT2D eigenvalue weighted by Gasteiger charge is 2.45. The third-order valence-electron chi connectivity index (χ3n) is 16.9. The minimum absolute atomic E-state index is 0.00153. The summed E-state index contributed by atoms with van der Waals surface area (Å²) in [6, 6.07) is 60.3. The van der Waals surface area contributed by atoms with Gasteiger partial charge >= 0.3 is 0 Å². The Morgan fingerprint density at radius 3 is 1.05 bits per heavy atom. The van der Waals surface area contributed by atoms with Gasteiger partial charge in [0.15, 0.2) is 0 Å². The Hall–Kier alpha value is -6.52. The fraction of sp³-hybridized carbons (Fsp3) is 0.378. The molecule has 0 spiro atoms. The van der Waals surface area contributed by atoms with E-state index in [1.807, 2.05) is 0 Å². The molecule has 2 aliphatic rings. The molecular formula is C74H88BN3. The van der Waals surface area contributed by atoms with Crippen molar-refractivity contribution in [3.05, 3.63) is 191 Å². The summed E-state index contributed by atoms with van der Waals surface area (Å²) in [6.45, 7) is 49.0. The van der Waals surface area contributed by atoms with Gasteiger partial charge in [-0.1, -0.05) is 236 Å². The molecule has 8 aromatic rings. The minimum Gasteiger partial charge on any atom is -0.311 e. The lowest BCUT2D eigenvalue weighted by molar-refractivity contribution is 0.589. The molecule has 0 radical (unpaired) electrons. The zero-order valence-electron chi connectivity index (χ0n) is 51.4. The lowest BCUT2D eigenvalue weighted by atomic mass is 9.33. The average Bonchev–Trinajstić information content (AvgIpc) is 3.19. The normalized spacial score (nSPS) is 14.1. The van der Waals surface area contributed by atoms with Crippen LogP contribution in [0.4, 0.5) is 51.2 Å². The Kier molecular flexibility index (Phi) is 13.0. The van der Waals surface area contributed by atoms with Gasteiger partial charge < -0.3 is 14.7 Å². The van der Waals surface area contributed by atoms with E-state index in [2.05, 4.69) is 312 Å². The molecule has 0 unspecified atom stereocenters. The van der Waals surface area contributed by atoms with Crippen molar-refractivity contribution in [3.8, 4) is 0 Å². The topological polar surface area (TPSA) is 9.72 Å². The van der Waals surface area contributed by atoms with Gasteiger partial charge in [0, 0.05) is 45.2 Å². The molecule has 4 heteroatoms. The zero-order chi connectivity index (χ0) is 56.6. The van der Waals surface area contributed by atoms with E-state index in [0.29, 0.717) is 0 Å². The Morgan fingerprint density at radius 2 is 0.667 bits per heavy atom. The molecule has 0 fully saturated rings. The van der Waals surface area contributed by atoms with E-state index in [4.69, 9.17) is 0 Å². The summed E-state index contributed by atoms with van der Waals surface area (Å²) in [5.74, 6) is 0. The van der Waals surface area contributed by atoms with Crippen molar-refractivity contribution in [2.75, 3.05) is 14.7 Å². The van der Waals surface area contributed by atoms with Crippen LogP contribution < -0.4 is 31.1 Å². The number of benzene rings is 8. The molecule has 0 saturated heterocycles. The fourth-order valence-electron chi connectivity index (χ4n) is 12.0. The lowest BCUT2D eigenvalue weighted by Gasteiger charge is -2.46. The Bertz CT molecular complexity index is 3440. The summed E-state index contributed by atoms with van der Waals surface area (Å²) in [5, 5.41) is 2.48. The van der Waals surface area contributed by atoms with Crippen LogP contribution in [-0.2, 0) is 37.9 Å². The van der Waals surface area contributed by atoms with E-state index >= 15 is 0 Å². The molecule has 0 aromatic heterocycles. The second-order valence-corrected chi connectivity index (χ2v) is 30.2. The molecule has 10 rings (SSSR count). The molecule has 0 atom stereocenters. The quantitative estimate of drug-likeness (QED) is 0.159. The first-order valence-corrected chi connectivity index (χ1v) is 28.9. The van der Waals surface area contributed by atoms with Crippen molar-refractivity contribution in [2.24, 2.45) is 0 Å². The SMILES string of the molecule is CC(C)(C)c1ccc(N2c3ccc(C(C)(C)C)cc3B3c4cc(C(C)(C)C)ccc4N(c4ccc(C(C)(C)C)cc4)c4cc(N(c5ccc(C(C)(C)C)cc5)c5c(C(C)(C)C)ccc6cc(C(C)(C)C)ccc56)cc2c43)cc1. The number of hydrogen-bond acceptors (Lipinski definition) is 3. The molecule has 8 aromatic carbocycles. The van der Waals surface area contributed by atoms with Crippen LogP contribution in [0.1, 0.15) is 184 Å². The van der Waals surface area contributed by atoms with E-state index in [0.717, 1.165) is 22.7 Å². The van der Waals surface area contributed by atoms with E-state index in [9.17, 15) is 0 Å². The second-order valence-electron chi connectivity index (χ2n) is 30.2. The van der Waals surface area contributed by atoms with Crippen molar-refractivity contribution >= 4 is 85.1 Å². The number of nitrogens with zero attached hydrogens (tertiary/aromatic N) is 3. The van der Waals surface area contributed by atoms with E-state index in [1.165, 1.54) is 94.5 Å². The summed E-state index contributed by atoms with van der Waals surface area (Å²) < 4.78 is 0. The third kappa shape index (κ3) is 9.89. The van der Waals surface area contributed by atoms with Crippen LogP contribution in [0, 0.1) is 0 Å². The van der Waals surface area contributed by atoms with Gasteiger partial charge in [-0.3, -0.25) is 0 Å². The molecule has 0 aliphatic carbocycles. The zero-order valence-corrected chi connectivity index (χ0v) is 51.4. The maximum atomic E-state index is 2.62. The van der Waals surface area contributed by atoms with Gasteiger partial charge in [0.2, 0.25) is 0 Å². The minimum atomic E-state index is -0.196. The maximum absolute atomic E-state index is 2.62. The predicted octanol–water partition coefficient (Wildman–Crippen LogP) is 19.5. The molecule has 0 bridgehead atoms. The standard InChI is InChI=1S/C74H88BN3/c1-68(2,3)48-23-32-54(33-24-48)76(67-58-38-29-51(71(10,11)12)42-47(58)22-39-59(67)74(19,20)21)57-45-64-66-65(46-57)78(56-36-27-50(28-37-56)70(7,8)9)63-41-31-53(73(16,17)18)44-61(63)75(66)60-43-52(72(13,14)15)30-40-62(60)77(64)55-34-25-49(26-35-55)69(4,5)6/h22-46H,1-21H3. The van der Waals surface area contributed by atoms with Gasteiger partial charge in [-0.2, -0.15) is 0 Å². The second kappa shape index (κ2) is 18.5. The van der Waals surface area contributed by atoms with Crippen LogP contribution in [0.3, 0.4) is 0 Å². The predicted molar refractivity (Wildman–Crippen MR) is 344 cm³/mol. The summed E-state index contributed by atoms with van der Waals surface area (Å²) in [7, 11) is 0. The van der Waals surface area contributed by atoms with Crippen LogP contribution in [0.5, 0.6) is 0 Å². The fourth-order valence-corrected chi connectivity index (χ4v) is 12.0. The number of anilines is 9. The van der Waals surface area contributed by atoms with E-state index in [-0.39, 0.29) is 44.6 Å². The summed E-state index contributed by atoms with van der Waals surface area (Å²) >= 11 is 0. The molecule has 0 N–H and O–H groups in total. The molecule has 78 heavy (non-hydrogen) atoms. The number of rotatable bonds is 5. The van der Waals surface area contributed by atoms with Crippen molar-refractivity contribution in [1.82, 2.24) is 0 Å². The Morgan fingerprint density at radius 1 is 0.308 bits per heavy atom. The van der Waals surface area contributed by atoms with Crippen LogP contribution in [-0.4, -0.2) is 6.71 Å². The first kappa shape index (κ1) is 54.8. The highest BCUT2D eigenvalue weighted by molar-refractivity contribution is 7.00. The first-order valence-electron chi connectivity index (χ1n) is 28.9. The average molecular weight is 1030 g/mol. The highest BCUT2D eigenvalue weighted by Crippen LogP contribution is 2.52. The highest BCUT2D eigenvalue weighted by atomic mass is 15.2. The molecular weight excluding hydrogens is 942 g/mol. The van der Waals surface area contributed by atoms with Gasteiger partial charge in [-0.15, -0.1) is 0 Å². The maximum Gasteiger partial charge on any atom is 0.252 e. The van der Waals surface area contributed by atoms with Crippen LogP contribution in [0.15, 0.2) is 152 Å². The van der Waals surface area contributed by atoms with Gasteiger partial charge in [0.25, 0.3) is 6.71 Å². The molecule has 0 amide bonds. The molecule has 2 aliphatic heterocycles. The van der Waals surface area contributed by atoms with E-state index in [1.54, 1.807) is 0 Å². The number of hydrogen-bond donors (Lipinski definition) is 0. The summed E-state index contributed by atoms with van der Waals surface area (Å²) in [6.07, 6.45) is 0. The smallest absolute Gasteiger partial charge is 0.252 e. The molecule has 2 heterocycles. The summed E-state index contributed by atoms with van der Waals surface area (Å²) in [5.41, 5.74) is 23.5. The van der Waals surface area contributed by atoms with E-state index < -0.39 is 0 Å².